The van der Waals surface area contributed by atoms with Crippen LogP contribution in [0.2, 0.25) is 0 Å². The fraction of sp³-hybridized carbons (Fsp3) is 0. The molecule has 7 aromatic carbocycles. The number of anilines is 3. The third-order valence-electron chi connectivity index (χ3n) is 9.38. The summed E-state index contributed by atoms with van der Waals surface area (Å²) < 4.78 is 15.7. The first-order valence-electron chi connectivity index (χ1n) is 15.9. The number of ether oxygens (including phenoxy) is 2. The van der Waals surface area contributed by atoms with E-state index in [4.69, 9.17) is 9.47 Å². The average Bonchev–Trinajstić information content (AvgIpc) is 3.50. The van der Waals surface area contributed by atoms with Gasteiger partial charge in [-0.25, -0.2) is 0 Å². The van der Waals surface area contributed by atoms with Crippen LogP contribution in [0.25, 0.3) is 31.3 Å². The molecule has 220 valence electrons. The van der Waals surface area contributed by atoms with E-state index in [-0.39, 0.29) is 6.71 Å². The molecule has 1 aromatic heterocycles. The van der Waals surface area contributed by atoms with Crippen LogP contribution in [0.15, 0.2) is 158 Å². The van der Waals surface area contributed by atoms with Crippen molar-refractivity contribution in [3.8, 4) is 34.1 Å². The number of hydrogen-bond donors (Lipinski definition) is 0. The fourth-order valence-electron chi connectivity index (χ4n) is 7.24. The van der Waals surface area contributed by atoms with Crippen LogP contribution >= 0.6 is 11.3 Å². The van der Waals surface area contributed by atoms with Gasteiger partial charge in [-0.2, -0.15) is 0 Å². The molecule has 0 saturated carbocycles. The standard InChI is InChI=1S/C42H26BNO2S/c1-2-10-29(11-3-1)44(31-22-23-41-33(26-31)32-12-4-9-17-40(32)47-41)30-20-18-27(19-21-30)28-24-38-42-39(25-28)46-37-16-8-6-14-35(37)43(42)34-13-5-7-15-36(34)45-38/h1-26H. The second-order valence-corrected chi connectivity index (χ2v) is 13.2. The molecule has 0 spiro atoms. The first-order chi connectivity index (χ1) is 23.3. The zero-order valence-electron chi connectivity index (χ0n) is 25.3. The molecule has 5 heteroatoms. The predicted molar refractivity (Wildman–Crippen MR) is 197 cm³/mol. The molecule has 3 nitrogen and oxygen atoms in total. The minimum absolute atomic E-state index is 0.0726. The van der Waals surface area contributed by atoms with Crippen molar-refractivity contribution in [1.82, 2.24) is 0 Å². The second-order valence-electron chi connectivity index (χ2n) is 12.1. The van der Waals surface area contributed by atoms with E-state index in [1.165, 1.54) is 31.1 Å². The van der Waals surface area contributed by atoms with Gasteiger partial charge in [0.15, 0.2) is 0 Å². The van der Waals surface area contributed by atoms with Crippen LogP contribution in [-0.2, 0) is 0 Å². The largest absolute Gasteiger partial charge is 0.458 e. The minimum atomic E-state index is 0.0726. The lowest BCUT2D eigenvalue weighted by molar-refractivity contribution is 0.465. The smallest absolute Gasteiger partial charge is 0.260 e. The van der Waals surface area contributed by atoms with Crippen molar-refractivity contribution in [2.45, 2.75) is 0 Å². The summed E-state index contributed by atoms with van der Waals surface area (Å²) in [5.74, 6) is 3.49. The van der Waals surface area contributed by atoms with Crippen molar-refractivity contribution < 1.29 is 9.47 Å². The molecule has 0 saturated heterocycles. The average molecular weight is 620 g/mol. The third-order valence-corrected chi connectivity index (χ3v) is 10.5. The molecule has 0 radical (unpaired) electrons. The zero-order valence-corrected chi connectivity index (χ0v) is 26.1. The number of nitrogens with zero attached hydrogens (tertiary/aromatic N) is 1. The van der Waals surface area contributed by atoms with Crippen molar-refractivity contribution in [3.05, 3.63) is 158 Å². The molecule has 0 atom stereocenters. The Balaban J connectivity index is 1.07. The number of benzene rings is 7. The van der Waals surface area contributed by atoms with E-state index >= 15 is 0 Å². The van der Waals surface area contributed by atoms with Crippen LogP contribution in [0.3, 0.4) is 0 Å². The van der Waals surface area contributed by atoms with Crippen LogP contribution in [-0.4, -0.2) is 6.71 Å². The lowest BCUT2D eigenvalue weighted by Gasteiger charge is -2.33. The predicted octanol–water partition coefficient (Wildman–Crippen LogP) is 9.92. The topological polar surface area (TPSA) is 21.7 Å². The van der Waals surface area contributed by atoms with Gasteiger partial charge in [0.1, 0.15) is 23.0 Å². The highest BCUT2D eigenvalue weighted by Crippen LogP contribution is 2.42. The van der Waals surface area contributed by atoms with Crippen LogP contribution in [0.4, 0.5) is 17.1 Å². The lowest BCUT2D eigenvalue weighted by Crippen LogP contribution is -2.57. The molecule has 0 fully saturated rings. The fourth-order valence-corrected chi connectivity index (χ4v) is 8.33. The Kier molecular flexibility index (Phi) is 5.84. The molecule has 0 unspecified atom stereocenters. The molecular formula is C42H26BNO2S. The lowest BCUT2D eigenvalue weighted by atomic mass is 9.35. The zero-order chi connectivity index (χ0) is 30.9. The number of fused-ring (bicyclic) bond motifs is 7. The van der Waals surface area contributed by atoms with Crippen molar-refractivity contribution in [2.75, 3.05) is 4.90 Å². The molecule has 0 bridgehead atoms. The highest BCUT2D eigenvalue weighted by Gasteiger charge is 2.40. The minimum Gasteiger partial charge on any atom is -0.458 e. The van der Waals surface area contributed by atoms with Gasteiger partial charge in [-0.1, -0.05) is 84.9 Å². The van der Waals surface area contributed by atoms with Gasteiger partial charge in [-0.15, -0.1) is 11.3 Å². The number of thiophene rings is 1. The Morgan fingerprint density at radius 1 is 0.426 bits per heavy atom. The van der Waals surface area contributed by atoms with Crippen LogP contribution < -0.4 is 30.8 Å². The summed E-state index contributed by atoms with van der Waals surface area (Å²) in [5, 5.41) is 2.58. The Bertz CT molecular complexity index is 2420. The Morgan fingerprint density at radius 3 is 1.72 bits per heavy atom. The van der Waals surface area contributed by atoms with E-state index in [0.29, 0.717) is 0 Å². The Morgan fingerprint density at radius 2 is 1.00 bits per heavy atom. The van der Waals surface area contributed by atoms with Gasteiger partial charge in [-0.05, 0) is 94.8 Å². The van der Waals surface area contributed by atoms with Gasteiger partial charge in [0.2, 0.25) is 0 Å². The Hall–Kier alpha value is -5.78. The van der Waals surface area contributed by atoms with Crippen LogP contribution in [0.1, 0.15) is 0 Å². The molecular weight excluding hydrogens is 593 g/mol. The quantitative estimate of drug-likeness (QED) is 0.183. The second kappa shape index (κ2) is 10.4. The maximum Gasteiger partial charge on any atom is 0.260 e. The monoisotopic (exact) mass is 619 g/mol. The van der Waals surface area contributed by atoms with Crippen molar-refractivity contribution >= 4 is 71.7 Å². The summed E-state index contributed by atoms with van der Waals surface area (Å²) in [6.45, 7) is 0.0726. The highest BCUT2D eigenvalue weighted by atomic mass is 32.1. The first kappa shape index (κ1) is 26.4. The van der Waals surface area contributed by atoms with E-state index < -0.39 is 0 Å². The van der Waals surface area contributed by atoms with Crippen molar-refractivity contribution in [3.63, 3.8) is 0 Å². The number of rotatable bonds is 4. The van der Waals surface area contributed by atoms with E-state index in [0.717, 1.165) is 56.6 Å². The van der Waals surface area contributed by atoms with Crippen molar-refractivity contribution in [2.24, 2.45) is 0 Å². The summed E-state index contributed by atoms with van der Waals surface area (Å²) in [5.41, 5.74) is 8.92. The summed E-state index contributed by atoms with van der Waals surface area (Å²) in [7, 11) is 0. The van der Waals surface area contributed by atoms with Crippen LogP contribution in [0, 0.1) is 0 Å². The van der Waals surface area contributed by atoms with E-state index in [9.17, 15) is 0 Å². The summed E-state index contributed by atoms with van der Waals surface area (Å²) in [4.78, 5) is 2.33. The van der Waals surface area contributed by atoms with Crippen LogP contribution in [0.5, 0.6) is 23.0 Å². The van der Waals surface area contributed by atoms with Gasteiger partial charge in [0.25, 0.3) is 6.71 Å². The summed E-state index contributed by atoms with van der Waals surface area (Å²) in [6, 6.07) is 55.9. The number of para-hydroxylation sites is 3. The first-order valence-corrected chi connectivity index (χ1v) is 16.7. The molecule has 0 N–H and O–H groups in total. The maximum atomic E-state index is 6.55. The molecule has 0 aliphatic carbocycles. The van der Waals surface area contributed by atoms with Gasteiger partial charge in [0, 0.05) is 42.7 Å². The normalized spacial score (nSPS) is 12.6. The highest BCUT2D eigenvalue weighted by molar-refractivity contribution is 7.25. The van der Waals surface area contributed by atoms with E-state index in [2.05, 4.69) is 150 Å². The SMILES string of the molecule is c1ccc(N(c2ccc(-c3cc4c5c(c3)Oc3ccccc3B5c3ccccc3O4)cc2)c2ccc3sc4ccccc4c3c2)cc1. The van der Waals surface area contributed by atoms with Gasteiger partial charge < -0.3 is 14.4 Å². The van der Waals surface area contributed by atoms with Gasteiger partial charge in [-0.3, -0.25) is 0 Å². The summed E-state index contributed by atoms with van der Waals surface area (Å²) >= 11 is 1.84. The molecule has 8 aromatic rings. The summed E-state index contributed by atoms with van der Waals surface area (Å²) in [6.07, 6.45) is 0. The maximum absolute atomic E-state index is 6.55. The molecule has 47 heavy (non-hydrogen) atoms. The van der Waals surface area contributed by atoms with E-state index in [1.54, 1.807) is 0 Å². The molecule has 0 amide bonds. The number of hydrogen-bond acceptors (Lipinski definition) is 4. The molecule has 10 rings (SSSR count). The molecule has 2 aliphatic heterocycles. The molecule has 3 heterocycles. The molecule has 2 aliphatic rings. The van der Waals surface area contributed by atoms with E-state index in [1.807, 2.05) is 23.5 Å². The van der Waals surface area contributed by atoms with Crippen molar-refractivity contribution in [1.29, 1.82) is 0 Å². The third kappa shape index (κ3) is 4.21. The van der Waals surface area contributed by atoms with Gasteiger partial charge >= 0.3 is 0 Å². The van der Waals surface area contributed by atoms with Gasteiger partial charge in [0.05, 0.1) is 0 Å². The Labute approximate surface area is 277 Å².